The number of carbonyl (C=O) groups excluding carboxylic acids is 2. The summed E-state index contributed by atoms with van der Waals surface area (Å²) in [7, 11) is 3.01. The topological polar surface area (TPSA) is 76.2 Å². The highest BCUT2D eigenvalue weighted by Crippen LogP contribution is 2.24. The zero-order valence-corrected chi connectivity index (χ0v) is 14.7. The molecule has 0 radical (unpaired) electrons. The Labute approximate surface area is 148 Å². The molecule has 1 atom stereocenters. The predicted molar refractivity (Wildman–Crippen MR) is 92.1 cm³/mol. The molecule has 9 heteroatoms. The van der Waals surface area contributed by atoms with Gasteiger partial charge in [-0.3, -0.25) is 14.6 Å². The number of rotatable bonds is 4. The van der Waals surface area contributed by atoms with Crippen LogP contribution < -0.4 is 0 Å². The van der Waals surface area contributed by atoms with E-state index in [1.807, 2.05) is 0 Å². The number of urea groups is 1. The molecule has 1 aromatic carbocycles. The number of nitrogens with zero attached hydrogens (tertiary/aromatic N) is 4. The van der Waals surface area contributed by atoms with Crippen LogP contribution in [-0.2, 0) is 11.3 Å². The molecule has 2 aliphatic rings. The van der Waals surface area contributed by atoms with Crippen molar-refractivity contribution >= 4 is 34.7 Å². The summed E-state index contributed by atoms with van der Waals surface area (Å²) in [5.41, 5.74) is 0.815. The Morgan fingerprint density at radius 3 is 2.56 bits per heavy atom. The number of aliphatic imine (C=N–C) groups is 1. The molecule has 132 valence electrons. The number of likely N-dealkylation sites (N-methyl/N-ethyl adjacent to an activating group) is 2. The minimum Gasteiger partial charge on any atom is -0.396 e. The molecule has 2 heterocycles. The third kappa shape index (κ3) is 3.16. The van der Waals surface area contributed by atoms with E-state index in [4.69, 9.17) is 5.11 Å². The van der Waals surface area contributed by atoms with Gasteiger partial charge in [0, 0.05) is 19.8 Å². The molecule has 0 aromatic heterocycles. The molecule has 0 bridgehead atoms. The lowest BCUT2D eigenvalue weighted by Gasteiger charge is -2.30. The van der Waals surface area contributed by atoms with E-state index in [0.29, 0.717) is 23.3 Å². The average Bonchev–Trinajstić information content (AvgIpc) is 2.96. The third-order valence-corrected chi connectivity index (χ3v) is 5.05. The standard InChI is InChI=1S/C16H18FN4O3S/c1-19-13-12(14(23)20(2)16(19)24)21(15(18-13)25-8-7-22)9-10-3-5-11(17)6-4-10/h3-6,12,22H,7-9H2,1-2H3/q+1. The predicted octanol–water partition coefficient (Wildman–Crippen LogP) is 0.724. The Hall–Kier alpha value is -2.26. The van der Waals surface area contributed by atoms with Gasteiger partial charge in [0.15, 0.2) is 0 Å². The van der Waals surface area contributed by atoms with E-state index >= 15 is 0 Å². The van der Waals surface area contributed by atoms with E-state index in [1.165, 1.54) is 35.8 Å². The summed E-state index contributed by atoms with van der Waals surface area (Å²) in [6.07, 6.45) is 0. The Balaban J connectivity index is 1.98. The largest absolute Gasteiger partial charge is 0.396 e. The van der Waals surface area contributed by atoms with Gasteiger partial charge in [-0.05, 0) is 34.5 Å². The monoisotopic (exact) mass is 365 g/mol. The number of aliphatic hydroxyl groups excluding tert-OH is 1. The lowest BCUT2D eigenvalue weighted by molar-refractivity contribution is -0.548. The summed E-state index contributed by atoms with van der Waals surface area (Å²) in [5.74, 6) is 0.0967. The highest BCUT2D eigenvalue weighted by Gasteiger charge is 2.53. The quantitative estimate of drug-likeness (QED) is 0.798. The van der Waals surface area contributed by atoms with Crippen molar-refractivity contribution in [2.75, 3.05) is 26.5 Å². The molecule has 1 aromatic rings. The Kier molecular flexibility index (Phi) is 4.87. The van der Waals surface area contributed by atoms with E-state index in [1.54, 1.807) is 23.8 Å². The van der Waals surface area contributed by atoms with Crippen molar-refractivity contribution in [3.63, 3.8) is 0 Å². The SMILES string of the molecule is CN1C(=O)C2C(=NC(SCCO)=[N+]2Cc2ccc(F)cc2)N(C)C1=O. The van der Waals surface area contributed by atoms with Gasteiger partial charge >= 0.3 is 11.2 Å². The van der Waals surface area contributed by atoms with Gasteiger partial charge < -0.3 is 5.11 Å². The van der Waals surface area contributed by atoms with E-state index in [9.17, 15) is 14.0 Å². The van der Waals surface area contributed by atoms with Crippen molar-refractivity contribution in [1.82, 2.24) is 9.80 Å². The molecule has 1 fully saturated rings. The van der Waals surface area contributed by atoms with Gasteiger partial charge in [0.05, 0.1) is 6.61 Å². The summed E-state index contributed by atoms with van der Waals surface area (Å²) in [6.45, 7) is 0.310. The van der Waals surface area contributed by atoms with Crippen LogP contribution in [0, 0.1) is 5.82 Å². The van der Waals surface area contributed by atoms with Gasteiger partial charge in [-0.2, -0.15) is 0 Å². The number of halogens is 1. The van der Waals surface area contributed by atoms with Crippen LogP contribution >= 0.6 is 11.8 Å². The van der Waals surface area contributed by atoms with Crippen LogP contribution in [0.15, 0.2) is 29.3 Å². The highest BCUT2D eigenvalue weighted by molar-refractivity contribution is 8.13. The lowest BCUT2D eigenvalue weighted by Crippen LogP contribution is -2.61. The van der Waals surface area contributed by atoms with Crippen molar-refractivity contribution in [2.24, 2.45) is 4.99 Å². The van der Waals surface area contributed by atoms with Gasteiger partial charge in [0.25, 0.3) is 17.8 Å². The number of imide groups is 1. The summed E-state index contributed by atoms with van der Waals surface area (Å²) >= 11 is 1.31. The number of aliphatic hydroxyl groups is 1. The van der Waals surface area contributed by atoms with E-state index in [2.05, 4.69) is 4.99 Å². The van der Waals surface area contributed by atoms with Crippen LogP contribution in [0.3, 0.4) is 0 Å². The maximum atomic E-state index is 13.1. The number of amides is 3. The molecule has 0 aliphatic carbocycles. The second-order valence-corrected chi connectivity index (χ2v) is 6.78. The fourth-order valence-electron chi connectivity index (χ4n) is 2.77. The van der Waals surface area contributed by atoms with Crippen LogP contribution in [0.5, 0.6) is 0 Å². The minimum absolute atomic E-state index is 0.0311. The first-order valence-electron chi connectivity index (χ1n) is 7.69. The number of hydrogen-bond acceptors (Lipinski definition) is 5. The second-order valence-electron chi connectivity index (χ2n) is 5.72. The van der Waals surface area contributed by atoms with Gasteiger partial charge in [-0.25, -0.2) is 13.8 Å². The molecule has 0 saturated carbocycles. The fourth-order valence-corrected chi connectivity index (χ4v) is 3.54. The van der Waals surface area contributed by atoms with Crippen LogP contribution in [0.2, 0.25) is 0 Å². The van der Waals surface area contributed by atoms with Crippen LogP contribution in [0.1, 0.15) is 5.56 Å². The Morgan fingerprint density at radius 1 is 1.24 bits per heavy atom. The second kappa shape index (κ2) is 6.93. The summed E-state index contributed by atoms with van der Waals surface area (Å²) in [4.78, 5) is 31.7. The third-order valence-electron chi connectivity index (χ3n) is 4.08. The Morgan fingerprint density at radius 2 is 1.92 bits per heavy atom. The maximum absolute atomic E-state index is 13.1. The first-order valence-corrected chi connectivity index (χ1v) is 8.68. The zero-order valence-electron chi connectivity index (χ0n) is 13.8. The van der Waals surface area contributed by atoms with E-state index < -0.39 is 12.1 Å². The molecule has 3 rings (SSSR count). The van der Waals surface area contributed by atoms with Crippen molar-refractivity contribution in [3.8, 4) is 0 Å². The molecular weight excluding hydrogens is 347 g/mol. The van der Waals surface area contributed by atoms with Crippen LogP contribution in [0.4, 0.5) is 9.18 Å². The number of benzene rings is 1. The smallest absolute Gasteiger partial charge is 0.358 e. The van der Waals surface area contributed by atoms with Crippen molar-refractivity contribution in [3.05, 3.63) is 35.6 Å². The zero-order chi connectivity index (χ0) is 18.1. The summed E-state index contributed by atoms with van der Waals surface area (Å²) in [6, 6.07) is 4.87. The number of carbonyl (C=O) groups is 2. The fraction of sp³-hybridized carbons (Fsp3) is 0.375. The number of thioether (sulfide) groups is 1. The molecular formula is C16H18FN4O3S+. The van der Waals surface area contributed by atoms with Gasteiger partial charge in [-0.15, -0.1) is 0 Å². The van der Waals surface area contributed by atoms with Gasteiger partial charge in [0.2, 0.25) is 0 Å². The average molecular weight is 365 g/mol. The molecule has 1 saturated heterocycles. The van der Waals surface area contributed by atoms with E-state index in [-0.39, 0.29) is 18.3 Å². The van der Waals surface area contributed by atoms with E-state index in [0.717, 1.165) is 10.5 Å². The van der Waals surface area contributed by atoms with Gasteiger partial charge in [0.1, 0.15) is 12.4 Å². The molecule has 7 nitrogen and oxygen atoms in total. The van der Waals surface area contributed by atoms with Crippen LogP contribution in [0.25, 0.3) is 0 Å². The number of fused-ring (bicyclic) bond motifs is 1. The lowest BCUT2D eigenvalue weighted by atomic mass is 10.1. The van der Waals surface area contributed by atoms with Crippen LogP contribution in [-0.4, -0.2) is 74.9 Å². The normalized spacial score (nSPS) is 20.3. The molecule has 25 heavy (non-hydrogen) atoms. The molecule has 2 aliphatic heterocycles. The first kappa shape index (κ1) is 17.6. The van der Waals surface area contributed by atoms with Crippen molar-refractivity contribution < 1.29 is 23.7 Å². The van der Waals surface area contributed by atoms with Crippen molar-refractivity contribution in [1.29, 1.82) is 0 Å². The summed E-state index contributed by atoms with van der Waals surface area (Å²) < 4.78 is 14.9. The first-order chi connectivity index (χ1) is 11.9. The highest BCUT2D eigenvalue weighted by atomic mass is 32.2. The molecule has 1 unspecified atom stereocenters. The molecule has 1 N–H and O–H groups in total. The van der Waals surface area contributed by atoms with Gasteiger partial charge in [-0.1, -0.05) is 12.1 Å². The maximum Gasteiger partial charge on any atom is 0.358 e. The number of hydrogen-bond donors (Lipinski definition) is 1. The number of amidine groups is 2. The Bertz CT molecular complexity index is 778. The molecule has 0 spiro atoms. The summed E-state index contributed by atoms with van der Waals surface area (Å²) in [5, 5.41) is 9.65. The van der Waals surface area contributed by atoms with Crippen molar-refractivity contribution in [2.45, 2.75) is 12.6 Å². The molecule has 3 amide bonds. The minimum atomic E-state index is -0.709.